The van der Waals surface area contributed by atoms with Gasteiger partial charge in [-0.1, -0.05) is 46.3 Å². The maximum atomic E-state index is 12.6. The first kappa shape index (κ1) is 22.5. The quantitative estimate of drug-likeness (QED) is 0.437. The van der Waals surface area contributed by atoms with E-state index in [9.17, 15) is 13.2 Å². The van der Waals surface area contributed by atoms with Crippen molar-refractivity contribution >= 4 is 43.4 Å². The van der Waals surface area contributed by atoms with Crippen molar-refractivity contribution in [2.24, 2.45) is 0 Å². The summed E-state index contributed by atoms with van der Waals surface area (Å²) >= 11 is 4.71. The third-order valence-electron chi connectivity index (χ3n) is 4.30. The smallest absolute Gasteiger partial charge is 0.254 e. The first-order valence-electron chi connectivity index (χ1n) is 9.34. The zero-order chi connectivity index (χ0) is 21.4. The molecule has 5 nitrogen and oxygen atoms in total. The molecule has 1 N–H and O–H groups in total. The van der Waals surface area contributed by atoms with Gasteiger partial charge in [0.15, 0.2) is 9.84 Å². The van der Waals surface area contributed by atoms with Crippen LogP contribution in [0.15, 0.2) is 87.3 Å². The van der Waals surface area contributed by atoms with E-state index in [1.165, 1.54) is 11.8 Å². The second-order valence-corrected chi connectivity index (χ2v) is 10.6. The van der Waals surface area contributed by atoms with Crippen LogP contribution in [0.2, 0.25) is 0 Å². The Morgan fingerprint density at radius 3 is 2.60 bits per heavy atom. The van der Waals surface area contributed by atoms with Crippen molar-refractivity contribution in [1.82, 2.24) is 10.3 Å². The molecule has 0 unspecified atom stereocenters. The van der Waals surface area contributed by atoms with Gasteiger partial charge < -0.3 is 5.32 Å². The molecule has 1 heterocycles. The molecular formula is C22H21BrN2O3S2. The summed E-state index contributed by atoms with van der Waals surface area (Å²) in [7, 11) is -3.36. The van der Waals surface area contributed by atoms with Gasteiger partial charge in [-0.25, -0.2) is 13.4 Å². The van der Waals surface area contributed by atoms with E-state index >= 15 is 0 Å². The number of benzene rings is 2. The van der Waals surface area contributed by atoms with Crippen LogP contribution in [0.25, 0.3) is 0 Å². The van der Waals surface area contributed by atoms with Gasteiger partial charge in [0.1, 0.15) is 5.03 Å². The van der Waals surface area contributed by atoms with Gasteiger partial charge in [0.2, 0.25) is 0 Å². The van der Waals surface area contributed by atoms with Gasteiger partial charge in [-0.3, -0.25) is 4.79 Å². The van der Waals surface area contributed by atoms with E-state index in [0.717, 1.165) is 10.0 Å². The van der Waals surface area contributed by atoms with Crippen LogP contribution in [0.1, 0.15) is 15.9 Å². The normalized spacial score (nSPS) is 11.2. The molecule has 1 aromatic heterocycles. The topological polar surface area (TPSA) is 76.1 Å². The van der Waals surface area contributed by atoms with Crippen molar-refractivity contribution in [2.45, 2.75) is 16.3 Å². The molecule has 0 atom stereocenters. The Balaban J connectivity index is 1.56. The van der Waals surface area contributed by atoms with Gasteiger partial charge >= 0.3 is 0 Å². The van der Waals surface area contributed by atoms with Crippen LogP contribution >= 0.6 is 27.7 Å². The van der Waals surface area contributed by atoms with Gasteiger partial charge in [-0.05, 0) is 48.4 Å². The van der Waals surface area contributed by atoms with Gasteiger partial charge in [0, 0.05) is 23.0 Å². The van der Waals surface area contributed by atoms with Gasteiger partial charge in [0.05, 0.1) is 16.2 Å². The Bertz CT molecular complexity index is 1110. The van der Waals surface area contributed by atoms with Gasteiger partial charge in [0.25, 0.3) is 5.91 Å². The second-order valence-electron chi connectivity index (χ2n) is 6.47. The number of thioether (sulfide) groups is 1. The summed E-state index contributed by atoms with van der Waals surface area (Å²) in [5, 5.41) is 3.44. The molecule has 0 saturated carbocycles. The Labute approximate surface area is 189 Å². The molecule has 2 aromatic carbocycles. The van der Waals surface area contributed by atoms with E-state index in [1.807, 2.05) is 24.3 Å². The number of aromatic nitrogens is 1. The Kier molecular flexibility index (Phi) is 8.07. The molecule has 156 valence electrons. The summed E-state index contributed by atoms with van der Waals surface area (Å²) in [6, 6.07) is 19.7. The molecule has 3 rings (SSSR count). The predicted octanol–water partition coefficient (Wildman–Crippen LogP) is 4.38. The fourth-order valence-electron chi connectivity index (χ4n) is 2.78. The summed E-state index contributed by atoms with van der Waals surface area (Å²) < 4.78 is 25.9. The van der Waals surface area contributed by atoms with Crippen molar-refractivity contribution in [3.8, 4) is 0 Å². The van der Waals surface area contributed by atoms with E-state index in [1.54, 1.807) is 48.7 Å². The number of carbonyl (C=O) groups excluding carboxylic acids is 1. The van der Waals surface area contributed by atoms with Crippen LogP contribution in [0.3, 0.4) is 0 Å². The molecule has 0 radical (unpaired) electrons. The Hall–Kier alpha value is -2.16. The summed E-state index contributed by atoms with van der Waals surface area (Å²) in [4.78, 5) is 17.2. The third kappa shape index (κ3) is 6.42. The standard InChI is InChI=1S/C22H21BrN2O3S2/c23-18-7-4-6-17(16-18)11-13-24-21(26)20-10-5-12-25-22(20)29-14-15-30(27,28)19-8-2-1-3-9-19/h1-10,12,16H,11,13-15H2,(H,24,26). The first-order valence-corrected chi connectivity index (χ1v) is 12.8. The monoisotopic (exact) mass is 504 g/mol. The van der Waals surface area contributed by atoms with Crippen molar-refractivity contribution in [3.05, 3.63) is 88.5 Å². The molecule has 1 amide bonds. The van der Waals surface area contributed by atoms with Crippen molar-refractivity contribution in [1.29, 1.82) is 0 Å². The van der Waals surface area contributed by atoms with Crippen LogP contribution in [0.4, 0.5) is 0 Å². The lowest BCUT2D eigenvalue weighted by Gasteiger charge is -2.10. The number of rotatable bonds is 9. The van der Waals surface area contributed by atoms with E-state index in [-0.39, 0.29) is 11.7 Å². The van der Waals surface area contributed by atoms with Crippen LogP contribution < -0.4 is 5.32 Å². The van der Waals surface area contributed by atoms with Gasteiger partial charge in [-0.15, -0.1) is 11.8 Å². The SMILES string of the molecule is O=C(NCCc1cccc(Br)c1)c1cccnc1SCCS(=O)(=O)c1ccccc1. The van der Waals surface area contributed by atoms with Crippen LogP contribution in [-0.4, -0.2) is 37.4 Å². The maximum Gasteiger partial charge on any atom is 0.254 e. The van der Waals surface area contributed by atoms with Crippen molar-refractivity contribution < 1.29 is 13.2 Å². The lowest BCUT2D eigenvalue weighted by atomic mass is 10.1. The average molecular weight is 505 g/mol. The van der Waals surface area contributed by atoms with E-state index in [4.69, 9.17) is 0 Å². The molecular weight excluding hydrogens is 484 g/mol. The van der Waals surface area contributed by atoms with Gasteiger partial charge in [-0.2, -0.15) is 0 Å². The highest BCUT2D eigenvalue weighted by molar-refractivity contribution is 9.10. The minimum Gasteiger partial charge on any atom is -0.352 e. The highest BCUT2D eigenvalue weighted by Crippen LogP contribution is 2.22. The fourth-order valence-corrected chi connectivity index (χ4v) is 5.89. The second kappa shape index (κ2) is 10.7. The number of hydrogen-bond acceptors (Lipinski definition) is 5. The largest absolute Gasteiger partial charge is 0.352 e. The zero-order valence-electron chi connectivity index (χ0n) is 16.1. The molecule has 0 bridgehead atoms. The average Bonchev–Trinajstić information content (AvgIpc) is 2.74. The first-order chi connectivity index (χ1) is 14.5. The Morgan fingerprint density at radius 1 is 1.03 bits per heavy atom. The fraction of sp³-hybridized carbons (Fsp3) is 0.182. The number of pyridine rings is 1. The summed E-state index contributed by atoms with van der Waals surface area (Å²) in [6.07, 6.45) is 2.32. The number of amides is 1. The lowest BCUT2D eigenvalue weighted by molar-refractivity contribution is 0.0950. The summed E-state index contributed by atoms with van der Waals surface area (Å²) in [6.45, 7) is 0.497. The van der Waals surface area contributed by atoms with Crippen molar-refractivity contribution in [3.63, 3.8) is 0 Å². The number of nitrogens with zero attached hydrogens (tertiary/aromatic N) is 1. The highest BCUT2D eigenvalue weighted by atomic mass is 79.9. The number of nitrogens with one attached hydrogen (secondary N) is 1. The van der Waals surface area contributed by atoms with E-state index < -0.39 is 9.84 Å². The highest BCUT2D eigenvalue weighted by Gasteiger charge is 2.16. The Morgan fingerprint density at radius 2 is 1.83 bits per heavy atom. The molecule has 0 aliphatic rings. The van der Waals surface area contributed by atoms with Crippen LogP contribution in [-0.2, 0) is 16.3 Å². The number of carbonyl (C=O) groups is 1. The maximum absolute atomic E-state index is 12.6. The third-order valence-corrected chi connectivity index (χ3v) is 7.79. The molecule has 0 spiro atoms. The van der Waals surface area contributed by atoms with E-state index in [0.29, 0.717) is 34.2 Å². The molecule has 8 heteroatoms. The van der Waals surface area contributed by atoms with E-state index in [2.05, 4.69) is 26.2 Å². The number of hydrogen-bond donors (Lipinski definition) is 1. The molecule has 30 heavy (non-hydrogen) atoms. The predicted molar refractivity (Wildman–Crippen MR) is 124 cm³/mol. The molecule has 0 aliphatic heterocycles. The summed E-state index contributed by atoms with van der Waals surface area (Å²) in [5.41, 5.74) is 1.57. The van der Waals surface area contributed by atoms with Crippen LogP contribution in [0.5, 0.6) is 0 Å². The van der Waals surface area contributed by atoms with Crippen LogP contribution in [0, 0.1) is 0 Å². The molecule has 0 fully saturated rings. The minimum atomic E-state index is -3.36. The number of halogens is 1. The number of sulfone groups is 1. The molecule has 0 aliphatic carbocycles. The lowest BCUT2D eigenvalue weighted by Crippen LogP contribution is -2.26. The summed E-state index contributed by atoms with van der Waals surface area (Å²) in [5.74, 6) is 0.0703. The molecule has 0 saturated heterocycles. The minimum absolute atomic E-state index is 0.0256. The zero-order valence-corrected chi connectivity index (χ0v) is 19.3. The molecule has 3 aromatic rings. The van der Waals surface area contributed by atoms with Crippen molar-refractivity contribution in [2.75, 3.05) is 18.1 Å².